The summed E-state index contributed by atoms with van der Waals surface area (Å²) in [5.74, 6) is 5.60. The summed E-state index contributed by atoms with van der Waals surface area (Å²) in [6, 6.07) is 4.72. The van der Waals surface area contributed by atoms with Crippen LogP contribution in [0.5, 0.6) is 0 Å². The van der Waals surface area contributed by atoms with E-state index in [4.69, 9.17) is 17.4 Å². The summed E-state index contributed by atoms with van der Waals surface area (Å²) in [5, 5.41) is 0.425. The molecular formula is C16H23ClFN3. The molecule has 3 N–H and O–H groups in total. The summed E-state index contributed by atoms with van der Waals surface area (Å²) in [5.41, 5.74) is 3.49. The lowest BCUT2D eigenvalue weighted by atomic mass is 9.82. The lowest BCUT2D eigenvalue weighted by molar-refractivity contribution is 0.0749. The third-order valence-electron chi connectivity index (χ3n) is 5.18. The van der Waals surface area contributed by atoms with Gasteiger partial charge >= 0.3 is 0 Å². The van der Waals surface area contributed by atoms with Crippen LogP contribution in [0, 0.1) is 5.82 Å². The normalized spacial score (nSPS) is 23.6. The van der Waals surface area contributed by atoms with E-state index in [1.165, 1.54) is 31.7 Å². The Labute approximate surface area is 130 Å². The number of hydrogen-bond acceptors (Lipinski definition) is 3. The summed E-state index contributed by atoms with van der Waals surface area (Å²) in [6.45, 7) is 2.18. The van der Waals surface area contributed by atoms with Crippen molar-refractivity contribution in [2.75, 3.05) is 13.1 Å². The summed E-state index contributed by atoms with van der Waals surface area (Å²) in [4.78, 5) is 2.53. The van der Waals surface area contributed by atoms with Gasteiger partial charge in [-0.05, 0) is 50.9 Å². The molecule has 1 aromatic rings. The van der Waals surface area contributed by atoms with Crippen molar-refractivity contribution >= 4 is 11.6 Å². The van der Waals surface area contributed by atoms with Crippen molar-refractivity contribution in [1.29, 1.82) is 0 Å². The van der Waals surface area contributed by atoms with Crippen molar-refractivity contribution in [2.45, 2.75) is 50.1 Å². The van der Waals surface area contributed by atoms with Crippen molar-refractivity contribution in [2.24, 2.45) is 5.84 Å². The molecule has 1 aliphatic heterocycles. The summed E-state index contributed by atoms with van der Waals surface area (Å²) in [6.07, 6.45) is 6.96. The third-order valence-corrected chi connectivity index (χ3v) is 5.42. The molecule has 1 saturated heterocycles. The first kappa shape index (κ1) is 15.2. The fourth-order valence-electron chi connectivity index (χ4n) is 4.21. The van der Waals surface area contributed by atoms with Gasteiger partial charge in [0.1, 0.15) is 5.82 Å². The molecule has 3 nitrogen and oxygen atoms in total. The van der Waals surface area contributed by atoms with Gasteiger partial charge in [0.05, 0.1) is 6.04 Å². The number of likely N-dealkylation sites (tertiary alicyclic amines) is 1. The Kier molecular flexibility index (Phi) is 4.50. The number of halogens is 2. The monoisotopic (exact) mass is 311 g/mol. The Morgan fingerprint density at radius 2 is 1.86 bits per heavy atom. The first-order valence-electron chi connectivity index (χ1n) is 7.83. The SMILES string of the molecule is NNC(c1ccc(Cl)cc1F)C1(N2CCCC2)CCCC1. The zero-order valence-corrected chi connectivity index (χ0v) is 13.0. The molecule has 1 aliphatic carbocycles. The first-order chi connectivity index (χ1) is 10.2. The Morgan fingerprint density at radius 1 is 1.19 bits per heavy atom. The zero-order chi connectivity index (χ0) is 14.9. The quantitative estimate of drug-likeness (QED) is 0.661. The highest BCUT2D eigenvalue weighted by Crippen LogP contribution is 2.46. The molecule has 0 bridgehead atoms. The molecule has 1 unspecified atom stereocenters. The molecule has 2 aliphatic rings. The van der Waals surface area contributed by atoms with Crippen LogP contribution < -0.4 is 11.3 Å². The average Bonchev–Trinajstić information content (AvgIpc) is 3.13. The minimum absolute atomic E-state index is 0.0556. The van der Waals surface area contributed by atoms with Gasteiger partial charge in [-0.2, -0.15) is 0 Å². The Morgan fingerprint density at radius 3 is 2.43 bits per heavy atom. The molecule has 0 amide bonds. The number of hydrogen-bond donors (Lipinski definition) is 2. The smallest absolute Gasteiger partial charge is 0.129 e. The molecule has 2 fully saturated rings. The van der Waals surface area contributed by atoms with Crippen molar-refractivity contribution in [3.63, 3.8) is 0 Å². The summed E-state index contributed by atoms with van der Waals surface area (Å²) >= 11 is 5.88. The number of benzene rings is 1. The van der Waals surface area contributed by atoms with Gasteiger partial charge in [-0.1, -0.05) is 30.5 Å². The topological polar surface area (TPSA) is 41.3 Å². The second-order valence-corrected chi connectivity index (χ2v) is 6.71. The minimum Gasteiger partial charge on any atom is -0.296 e. The van der Waals surface area contributed by atoms with Gasteiger partial charge < -0.3 is 0 Å². The minimum atomic E-state index is -0.268. The fourth-order valence-corrected chi connectivity index (χ4v) is 4.37. The predicted molar refractivity (Wildman–Crippen MR) is 83.5 cm³/mol. The van der Waals surface area contributed by atoms with Crippen LogP contribution in [0.15, 0.2) is 18.2 Å². The lowest BCUT2D eigenvalue weighted by Gasteiger charge is -2.45. The van der Waals surface area contributed by atoms with Gasteiger partial charge in [0.25, 0.3) is 0 Å². The van der Waals surface area contributed by atoms with Crippen LogP contribution in [0.4, 0.5) is 4.39 Å². The molecular weight excluding hydrogens is 289 g/mol. The standard InChI is InChI=1S/C16H23ClFN3/c17-12-5-6-13(14(18)11-12)15(20-19)16(7-1-2-8-16)21-9-3-4-10-21/h5-6,11,15,20H,1-4,7-10,19H2. The van der Waals surface area contributed by atoms with Crippen LogP contribution in [0.1, 0.15) is 50.1 Å². The van der Waals surface area contributed by atoms with E-state index in [1.807, 2.05) is 0 Å². The van der Waals surface area contributed by atoms with Crippen molar-refractivity contribution in [1.82, 2.24) is 10.3 Å². The second-order valence-electron chi connectivity index (χ2n) is 6.27. The summed E-state index contributed by atoms with van der Waals surface area (Å²) < 4.78 is 14.4. The summed E-state index contributed by atoms with van der Waals surface area (Å²) in [7, 11) is 0. The molecule has 1 atom stereocenters. The molecule has 3 rings (SSSR count). The van der Waals surface area contributed by atoms with E-state index < -0.39 is 0 Å². The van der Waals surface area contributed by atoms with E-state index in [9.17, 15) is 4.39 Å². The Bertz CT molecular complexity index is 496. The molecule has 21 heavy (non-hydrogen) atoms. The highest BCUT2D eigenvalue weighted by atomic mass is 35.5. The van der Waals surface area contributed by atoms with Crippen LogP contribution in [0.25, 0.3) is 0 Å². The van der Waals surface area contributed by atoms with Gasteiger partial charge in [0, 0.05) is 16.1 Å². The molecule has 1 saturated carbocycles. The number of rotatable bonds is 4. The third kappa shape index (κ3) is 2.70. The van der Waals surface area contributed by atoms with Crippen LogP contribution in [-0.4, -0.2) is 23.5 Å². The Hall–Kier alpha value is -0.680. The van der Waals surface area contributed by atoms with Crippen molar-refractivity contribution in [3.8, 4) is 0 Å². The van der Waals surface area contributed by atoms with Gasteiger partial charge in [-0.25, -0.2) is 4.39 Å². The van der Waals surface area contributed by atoms with E-state index in [0.717, 1.165) is 25.9 Å². The van der Waals surface area contributed by atoms with Gasteiger partial charge in [0.15, 0.2) is 0 Å². The highest BCUT2D eigenvalue weighted by molar-refractivity contribution is 6.30. The number of nitrogens with two attached hydrogens (primary N) is 1. The highest BCUT2D eigenvalue weighted by Gasteiger charge is 2.47. The van der Waals surface area contributed by atoms with Crippen molar-refractivity contribution in [3.05, 3.63) is 34.6 Å². The number of nitrogens with zero attached hydrogens (tertiary/aromatic N) is 1. The molecule has 0 radical (unpaired) electrons. The van der Waals surface area contributed by atoms with E-state index in [-0.39, 0.29) is 17.4 Å². The van der Waals surface area contributed by atoms with E-state index >= 15 is 0 Å². The maximum atomic E-state index is 14.4. The van der Waals surface area contributed by atoms with Crippen LogP contribution in [-0.2, 0) is 0 Å². The maximum Gasteiger partial charge on any atom is 0.129 e. The fraction of sp³-hybridized carbons (Fsp3) is 0.625. The first-order valence-corrected chi connectivity index (χ1v) is 8.21. The van der Waals surface area contributed by atoms with E-state index in [0.29, 0.717) is 10.6 Å². The van der Waals surface area contributed by atoms with Gasteiger partial charge in [-0.15, -0.1) is 0 Å². The molecule has 0 spiro atoms. The largest absolute Gasteiger partial charge is 0.296 e. The second kappa shape index (κ2) is 6.21. The van der Waals surface area contributed by atoms with Crippen LogP contribution in [0.2, 0.25) is 5.02 Å². The van der Waals surface area contributed by atoms with Crippen LogP contribution in [0.3, 0.4) is 0 Å². The van der Waals surface area contributed by atoms with E-state index in [1.54, 1.807) is 12.1 Å². The predicted octanol–water partition coefficient (Wildman–Crippen LogP) is 3.39. The lowest BCUT2D eigenvalue weighted by Crippen LogP contribution is -2.55. The molecule has 116 valence electrons. The zero-order valence-electron chi connectivity index (χ0n) is 12.2. The Balaban J connectivity index is 1.99. The maximum absolute atomic E-state index is 14.4. The molecule has 1 heterocycles. The number of hydrazine groups is 1. The van der Waals surface area contributed by atoms with Crippen LogP contribution >= 0.6 is 11.6 Å². The van der Waals surface area contributed by atoms with E-state index in [2.05, 4.69) is 10.3 Å². The number of nitrogens with one attached hydrogen (secondary N) is 1. The molecule has 0 aromatic heterocycles. The molecule has 1 aromatic carbocycles. The molecule has 5 heteroatoms. The van der Waals surface area contributed by atoms with Gasteiger partial charge in [0.2, 0.25) is 0 Å². The average molecular weight is 312 g/mol. The van der Waals surface area contributed by atoms with Gasteiger partial charge in [-0.3, -0.25) is 16.2 Å². The van der Waals surface area contributed by atoms with Crippen molar-refractivity contribution < 1.29 is 4.39 Å².